The van der Waals surface area contributed by atoms with Crippen LogP contribution in [0.4, 0.5) is 15.2 Å². The lowest BCUT2D eigenvalue weighted by atomic mass is 10.3. The molecule has 1 aromatic carbocycles. The standard InChI is InChI=1S/C16H18FN3O2S2/c1-2-3-14(21)20-16-19-13(9-24-16)8-23-10-15(22)18-12-6-4-11(17)5-7-12/h4-7,9H,2-3,8,10H2,1H3,(H,18,22)(H,19,20,21). The molecule has 1 heterocycles. The summed E-state index contributed by atoms with van der Waals surface area (Å²) in [5, 5.41) is 7.90. The van der Waals surface area contributed by atoms with Gasteiger partial charge < -0.3 is 10.6 Å². The van der Waals surface area contributed by atoms with Gasteiger partial charge in [-0.2, -0.15) is 0 Å². The van der Waals surface area contributed by atoms with Crippen LogP contribution in [0.25, 0.3) is 0 Å². The van der Waals surface area contributed by atoms with Crippen molar-refractivity contribution >= 4 is 45.7 Å². The number of anilines is 2. The van der Waals surface area contributed by atoms with Crippen molar-refractivity contribution in [2.24, 2.45) is 0 Å². The Balaban J connectivity index is 1.71. The zero-order valence-corrected chi connectivity index (χ0v) is 14.8. The average Bonchev–Trinajstić information content (AvgIpc) is 2.97. The van der Waals surface area contributed by atoms with Crippen molar-refractivity contribution in [2.75, 3.05) is 16.4 Å². The Morgan fingerprint density at radius 1 is 1.21 bits per heavy atom. The fraction of sp³-hybridized carbons (Fsp3) is 0.312. The zero-order valence-electron chi connectivity index (χ0n) is 13.2. The fourth-order valence-corrected chi connectivity index (χ4v) is 3.37. The lowest BCUT2D eigenvalue weighted by Gasteiger charge is -2.04. The Kier molecular flexibility index (Phi) is 7.20. The number of thioether (sulfide) groups is 1. The van der Waals surface area contributed by atoms with Gasteiger partial charge in [-0.05, 0) is 30.7 Å². The van der Waals surface area contributed by atoms with Crippen LogP contribution in [-0.4, -0.2) is 22.6 Å². The summed E-state index contributed by atoms with van der Waals surface area (Å²) in [6, 6.07) is 5.63. The largest absolute Gasteiger partial charge is 0.325 e. The topological polar surface area (TPSA) is 71.1 Å². The number of hydrogen-bond acceptors (Lipinski definition) is 5. The van der Waals surface area contributed by atoms with Gasteiger partial charge in [-0.15, -0.1) is 23.1 Å². The first kappa shape index (κ1) is 18.4. The smallest absolute Gasteiger partial charge is 0.234 e. The molecular formula is C16H18FN3O2S2. The summed E-state index contributed by atoms with van der Waals surface area (Å²) in [5.41, 5.74) is 1.39. The van der Waals surface area contributed by atoms with E-state index in [1.54, 1.807) is 0 Å². The van der Waals surface area contributed by atoms with Crippen molar-refractivity contribution in [1.29, 1.82) is 0 Å². The molecule has 2 amide bonds. The third-order valence-corrected chi connectivity index (χ3v) is 4.66. The summed E-state index contributed by atoms with van der Waals surface area (Å²) >= 11 is 2.80. The van der Waals surface area contributed by atoms with E-state index in [1.807, 2.05) is 12.3 Å². The van der Waals surface area contributed by atoms with Crippen molar-refractivity contribution in [3.05, 3.63) is 41.2 Å². The van der Waals surface area contributed by atoms with Gasteiger partial charge in [-0.25, -0.2) is 9.37 Å². The molecule has 128 valence electrons. The number of nitrogens with zero attached hydrogens (tertiary/aromatic N) is 1. The number of hydrogen-bond donors (Lipinski definition) is 2. The Bertz CT molecular complexity index is 689. The van der Waals surface area contributed by atoms with E-state index in [1.165, 1.54) is 47.4 Å². The highest BCUT2D eigenvalue weighted by Crippen LogP contribution is 2.20. The third-order valence-electron chi connectivity index (χ3n) is 2.89. The number of rotatable bonds is 8. The molecule has 2 aromatic rings. The quantitative estimate of drug-likeness (QED) is 0.742. The average molecular weight is 367 g/mol. The molecule has 2 N–H and O–H groups in total. The highest BCUT2D eigenvalue weighted by Gasteiger charge is 2.08. The second-order valence-corrected chi connectivity index (χ2v) is 6.83. The van der Waals surface area contributed by atoms with Gasteiger partial charge in [0.15, 0.2) is 5.13 Å². The van der Waals surface area contributed by atoms with Crippen LogP contribution < -0.4 is 10.6 Å². The predicted molar refractivity (Wildman–Crippen MR) is 96.8 cm³/mol. The number of nitrogens with one attached hydrogen (secondary N) is 2. The van der Waals surface area contributed by atoms with E-state index >= 15 is 0 Å². The maximum absolute atomic E-state index is 12.8. The molecule has 0 atom stereocenters. The first-order chi connectivity index (χ1) is 11.6. The number of thiazole rings is 1. The van der Waals surface area contributed by atoms with Crippen LogP contribution in [0, 0.1) is 5.82 Å². The molecule has 24 heavy (non-hydrogen) atoms. The second-order valence-electron chi connectivity index (χ2n) is 4.99. The summed E-state index contributed by atoms with van der Waals surface area (Å²) < 4.78 is 12.8. The molecule has 0 aliphatic heterocycles. The van der Waals surface area contributed by atoms with Gasteiger partial charge in [0.2, 0.25) is 11.8 Å². The Labute approximate surface area is 148 Å². The van der Waals surface area contributed by atoms with Gasteiger partial charge in [-0.1, -0.05) is 6.92 Å². The lowest BCUT2D eigenvalue weighted by Crippen LogP contribution is -2.14. The lowest BCUT2D eigenvalue weighted by molar-refractivity contribution is -0.116. The maximum Gasteiger partial charge on any atom is 0.234 e. The minimum atomic E-state index is -0.340. The molecule has 0 saturated heterocycles. The predicted octanol–water partition coefficient (Wildman–Crippen LogP) is 3.89. The van der Waals surface area contributed by atoms with E-state index in [-0.39, 0.29) is 23.4 Å². The number of halogens is 1. The molecule has 0 unspecified atom stereocenters. The minimum absolute atomic E-state index is 0.0373. The van der Waals surface area contributed by atoms with Gasteiger partial charge >= 0.3 is 0 Å². The summed E-state index contributed by atoms with van der Waals surface area (Å²) in [4.78, 5) is 27.6. The molecule has 0 bridgehead atoms. The van der Waals surface area contributed by atoms with Gasteiger partial charge in [-0.3, -0.25) is 9.59 Å². The summed E-state index contributed by atoms with van der Waals surface area (Å²) in [7, 11) is 0. The van der Waals surface area contributed by atoms with Crippen molar-refractivity contribution in [1.82, 2.24) is 4.98 Å². The molecule has 2 rings (SSSR count). The summed E-state index contributed by atoms with van der Waals surface area (Å²) in [6.07, 6.45) is 1.27. The molecule has 0 radical (unpaired) electrons. The zero-order chi connectivity index (χ0) is 17.4. The van der Waals surface area contributed by atoms with Gasteiger partial charge in [0.05, 0.1) is 11.4 Å². The molecule has 0 spiro atoms. The Morgan fingerprint density at radius 2 is 1.96 bits per heavy atom. The van der Waals surface area contributed by atoms with E-state index < -0.39 is 0 Å². The van der Waals surface area contributed by atoms with Crippen LogP contribution in [0.3, 0.4) is 0 Å². The Morgan fingerprint density at radius 3 is 2.67 bits per heavy atom. The number of benzene rings is 1. The molecule has 8 heteroatoms. The minimum Gasteiger partial charge on any atom is -0.325 e. The van der Waals surface area contributed by atoms with Gasteiger partial charge in [0, 0.05) is 23.2 Å². The van der Waals surface area contributed by atoms with Crippen LogP contribution in [0.2, 0.25) is 0 Å². The summed E-state index contributed by atoms with van der Waals surface area (Å²) in [5.74, 6) is 0.319. The first-order valence-corrected chi connectivity index (χ1v) is 9.47. The molecule has 0 aliphatic carbocycles. The monoisotopic (exact) mass is 367 g/mol. The van der Waals surface area contributed by atoms with Gasteiger partial charge in [0.25, 0.3) is 0 Å². The first-order valence-electron chi connectivity index (χ1n) is 7.44. The van der Waals surface area contributed by atoms with E-state index in [0.717, 1.165) is 12.1 Å². The molecular weight excluding hydrogens is 349 g/mol. The van der Waals surface area contributed by atoms with E-state index in [0.29, 0.717) is 23.0 Å². The highest BCUT2D eigenvalue weighted by molar-refractivity contribution is 7.99. The Hall–Kier alpha value is -1.93. The van der Waals surface area contributed by atoms with Crippen LogP contribution >= 0.6 is 23.1 Å². The SMILES string of the molecule is CCCC(=O)Nc1nc(CSCC(=O)Nc2ccc(F)cc2)cs1. The molecule has 1 aromatic heterocycles. The normalized spacial score (nSPS) is 10.4. The molecule has 0 saturated carbocycles. The van der Waals surface area contributed by atoms with E-state index in [2.05, 4.69) is 15.6 Å². The van der Waals surface area contributed by atoms with Crippen molar-refractivity contribution < 1.29 is 14.0 Å². The third kappa shape index (κ3) is 6.29. The molecule has 0 fully saturated rings. The van der Waals surface area contributed by atoms with Crippen LogP contribution in [-0.2, 0) is 15.3 Å². The van der Waals surface area contributed by atoms with E-state index in [9.17, 15) is 14.0 Å². The van der Waals surface area contributed by atoms with Crippen LogP contribution in [0.5, 0.6) is 0 Å². The van der Waals surface area contributed by atoms with Gasteiger partial charge in [0.1, 0.15) is 5.82 Å². The number of carbonyl (C=O) groups is 2. The fourth-order valence-electron chi connectivity index (χ4n) is 1.82. The molecule has 0 aliphatic rings. The summed E-state index contributed by atoms with van der Waals surface area (Å²) in [6.45, 7) is 1.94. The van der Waals surface area contributed by atoms with Crippen LogP contribution in [0.15, 0.2) is 29.6 Å². The van der Waals surface area contributed by atoms with Crippen molar-refractivity contribution in [3.63, 3.8) is 0 Å². The maximum atomic E-state index is 12.8. The highest BCUT2D eigenvalue weighted by atomic mass is 32.2. The van der Waals surface area contributed by atoms with E-state index in [4.69, 9.17) is 0 Å². The molecule has 5 nitrogen and oxygen atoms in total. The number of aromatic nitrogens is 1. The van der Waals surface area contributed by atoms with Crippen molar-refractivity contribution in [2.45, 2.75) is 25.5 Å². The van der Waals surface area contributed by atoms with Crippen molar-refractivity contribution in [3.8, 4) is 0 Å². The number of amides is 2. The number of carbonyl (C=O) groups excluding carboxylic acids is 2. The van der Waals surface area contributed by atoms with Crippen LogP contribution in [0.1, 0.15) is 25.5 Å². The second kappa shape index (κ2) is 9.39.